The van der Waals surface area contributed by atoms with Crippen molar-refractivity contribution >= 4 is 22.3 Å². The third kappa shape index (κ3) is 3.09. The molecule has 21 heavy (non-hydrogen) atoms. The van der Waals surface area contributed by atoms with Crippen LogP contribution in [0.2, 0.25) is 0 Å². The van der Waals surface area contributed by atoms with Gasteiger partial charge < -0.3 is 11.1 Å². The molecule has 4 heteroatoms. The molecule has 1 aromatic carbocycles. The molecule has 1 aliphatic rings. The molecular formula is C17H22FN3. The summed E-state index contributed by atoms with van der Waals surface area (Å²) in [6.45, 7) is 0. The third-order valence-electron chi connectivity index (χ3n) is 4.33. The smallest absolute Gasteiger partial charge is 0.150 e. The Morgan fingerprint density at radius 1 is 1.14 bits per heavy atom. The van der Waals surface area contributed by atoms with Crippen LogP contribution in [0.4, 0.5) is 15.8 Å². The molecule has 0 saturated heterocycles. The molecule has 1 aromatic heterocycles. The summed E-state index contributed by atoms with van der Waals surface area (Å²) in [4.78, 5) is 4.33. The van der Waals surface area contributed by atoms with E-state index < -0.39 is 0 Å². The Morgan fingerprint density at radius 3 is 2.62 bits per heavy atom. The van der Waals surface area contributed by atoms with Gasteiger partial charge in [-0.2, -0.15) is 0 Å². The molecule has 1 heterocycles. The number of nitrogens with zero attached hydrogens (tertiary/aromatic N) is 1. The highest BCUT2D eigenvalue weighted by atomic mass is 19.1. The van der Waals surface area contributed by atoms with Crippen LogP contribution < -0.4 is 11.1 Å². The van der Waals surface area contributed by atoms with Gasteiger partial charge in [-0.15, -0.1) is 0 Å². The monoisotopic (exact) mass is 287 g/mol. The Labute approximate surface area is 124 Å². The molecule has 1 saturated carbocycles. The van der Waals surface area contributed by atoms with E-state index in [0.717, 1.165) is 18.2 Å². The summed E-state index contributed by atoms with van der Waals surface area (Å²) in [5.41, 5.74) is 7.48. The zero-order valence-corrected chi connectivity index (χ0v) is 12.2. The average Bonchev–Trinajstić information content (AvgIpc) is 2.45. The largest absolute Gasteiger partial charge is 0.398 e. The van der Waals surface area contributed by atoms with Crippen LogP contribution >= 0.6 is 0 Å². The normalized spacial score (nSPS) is 17.4. The van der Waals surface area contributed by atoms with Crippen molar-refractivity contribution in [2.24, 2.45) is 0 Å². The van der Waals surface area contributed by atoms with Crippen molar-refractivity contribution in [1.82, 2.24) is 4.98 Å². The Kier molecular flexibility index (Phi) is 4.23. The highest BCUT2D eigenvalue weighted by molar-refractivity contribution is 5.98. The number of nitrogen functional groups attached to an aromatic ring is 1. The zero-order chi connectivity index (χ0) is 14.7. The SMILES string of the molecule is Nc1cc(F)c(NC2CCCCCCC2)c2ncccc12. The summed E-state index contributed by atoms with van der Waals surface area (Å²) in [7, 11) is 0. The molecule has 3 nitrogen and oxygen atoms in total. The maximum absolute atomic E-state index is 14.3. The van der Waals surface area contributed by atoms with Crippen LogP contribution in [0.1, 0.15) is 44.9 Å². The summed E-state index contributed by atoms with van der Waals surface area (Å²) in [5, 5.41) is 4.21. The third-order valence-corrected chi connectivity index (χ3v) is 4.33. The van der Waals surface area contributed by atoms with Crippen molar-refractivity contribution in [2.45, 2.75) is 51.0 Å². The van der Waals surface area contributed by atoms with E-state index in [0.29, 0.717) is 22.9 Å². The minimum Gasteiger partial charge on any atom is -0.398 e. The maximum atomic E-state index is 14.3. The summed E-state index contributed by atoms with van der Waals surface area (Å²) < 4.78 is 14.3. The number of rotatable bonds is 2. The van der Waals surface area contributed by atoms with E-state index >= 15 is 0 Å². The number of hydrogen-bond acceptors (Lipinski definition) is 3. The molecule has 0 amide bonds. The zero-order valence-electron chi connectivity index (χ0n) is 12.2. The van der Waals surface area contributed by atoms with E-state index in [2.05, 4.69) is 10.3 Å². The van der Waals surface area contributed by atoms with Crippen LogP contribution in [0.25, 0.3) is 10.9 Å². The number of fused-ring (bicyclic) bond motifs is 1. The van der Waals surface area contributed by atoms with Crippen LogP contribution in [-0.4, -0.2) is 11.0 Å². The first-order valence-corrected chi connectivity index (χ1v) is 7.85. The summed E-state index contributed by atoms with van der Waals surface area (Å²) >= 11 is 0. The lowest BCUT2D eigenvalue weighted by Gasteiger charge is -2.23. The lowest BCUT2D eigenvalue weighted by Crippen LogP contribution is -2.21. The molecule has 2 aromatic rings. The van der Waals surface area contributed by atoms with Gasteiger partial charge in [-0.25, -0.2) is 4.39 Å². The van der Waals surface area contributed by atoms with E-state index in [1.165, 1.54) is 38.2 Å². The number of pyridine rings is 1. The Bertz CT molecular complexity index is 619. The fraction of sp³-hybridized carbons (Fsp3) is 0.471. The Hall–Kier alpha value is -1.84. The maximum Gasteiger partial charge on any atom is 0.150 e. The van der Waals surface area contributed by atoms with E-state index in [9.17, 15) is 4.39 Å². The van der Waals surface area contributed by atoms with E-state index in [-0.39, 0.29) is 5.82 Å². The minimum atomic E-state index is -0.305. The molecule has 3 rings (SSSR count). The van der Waals surface area contributed by atoms with E-state index in [4.69, 9.17) is 5.73 Å². The van der Waals surface area contributed by atoms with Crippen LogP contribution in [0.5, 0.6) is 0 Å². The molecular weight excluding hydrogens is 265 g/mol. The Balaban J connectivity index is 1.92. The molecule has 1 fully saturated rings. The van der Waals surface area contributed by atoms with Crippen LogP contribution in [0.3, 0.4) is 0 Å². The lowest BCUT2D eigenvalue weighted by atomic mass is 9.96. The predicted octanol–water partition coefficient (Wildman–Crippen LogP) is 4.48. The molecule has 0 unspecified atom stereocenters. The topological polar surface area (TPSA) is 50.9 Å². The average molecular weight is 287 g/mol. The summed E-state index contributed by atoms with van der Waals surface area (Å²) in [6.07, 6.45) is 10.2. The molecule has 0 bridgehead atoms. The van der Waals surface area contributed by atoms with Crippen molar-refractivity contribution in [3.8, 4) is 0 Å². The second-order valence-electron chi connectivity index (χ2n) is 5.91. The Morgan fingerprint density at radius 2 is 1.86 bits per heavy atom. The first kappa shape index (κ1) is 14.1. The molecule has 0 spiro atoms. The van der Waals surface area contributed by atoms with Crippen LogP contribution in [0.15, 0.2) is 24.4 Å². The predicted molar refractivity (Wildman–Crippen MR) is 85.8 cm³/mol. The molecule has 1 aliphatic carbocycles. The van der Waals surface area contributed by atoms with Gasteiger partial charge in [-0.3, -0.25) is 4.98 Å². The first-order valence-electron chi connectivity index (χ1n) is 7.85. The van der Waals surface area contributed by atoms with Gasteiger partial charge in [-0.05, 0) is 31.0 Å². The lowest BCUT2D eigenvalue weighted by molar-refractivity contribution is 0.470. The molecule has 0 atom stereocenters. The van der Waals surface area contributed by atoms with Crippen molar-refractivity contribution in [3.05, 3.63) is 30.2 Å². The van der Waals surface area contributed by atoms with Crippen molar-refractivity contribution in [2.75, 3.05) is 11.1 Å². The fourth-order valence-corrected chi connectivity index (χ4v) is 3.18. The van der Waals surface area contributed by atoms with E-state index in [1.54, 1.807) is 6.20 Å². The van der Waals surface area contributed by atoms with Crippen molar-refractivity contribution in [3.63, 3.8) is 0 Å². The molecule has 0 radical (unpaired) electrons. The van der Waals surface area contributed by atoms with Gasteiger partial charge in [0.15, 0.2) is 5.82 Å². The van der Waals surface area contributed by atoms with Crippen molar-refractivity contribution in [1.29, 1.82) is 0 Å². The van der Waals surface area contributed by atoms with Crippen LogP contribution in [0, 0.1) is 5.82 Å². The number of hydrogen-bond donors (Lipinski definition) is 2. The standard InChI is InChI=1S/C17H22FN3/c18-14-11-15(19)13-9-6-10-20-16(13)17(14)21-12-7-4-2-1-3-5-8-12/h6,9-12,21H,1-5,7-8,19H2. The highest BCUT2D eigenvalue weighted by Crippen LogP contribution is 2.31. The van der Waals surface area contributed by atoms with Gasteiger partial charge in [0.05, 0.1) is 11.2 Å². The van der Waals surface area contributed by atoms with Gasteiger partial charge in [0.25, 0.3) is 0 Å². The summed E-state index contributed by atoms with van der Waals surface area (Å²) in [6, 6.07) is 5.44. The number of nitrogens with two attached hydrogens (primary N) is 1. The molecule has 112 valence electrons. The van der Waals surface area contributed by atoms with Gasteiger partial charge in [-0.1, -0.05) is 32.1 Å². The van der Waals surface area contributed by atoms with Gasteiger partial charge in [0.2, 0.25) is 0 Å². The first-order chi connectivity index (χ1) is 10.3. The number of anilines is 2. The van der Waals surface area contributed by atoms with E-state index in [1.807, 2.05) is 12.1 Å². The van der Waals surface area contributed by atoms with Gasteiger partial charge >= 0.3 is 0 Å². The molecule has 3 N–H and O–H groups in total. The number of nitrogens with one attached hydrogen (secondary N) is 1. The number of halogens is 1. The second-order valence-corrected chi connectivity index (χ2v) is 5.91. The van der Waals surface area contributed by atoms with Crippen molar-refractivity contribution < 1.29 is 4.39 Å². The van der Waals surface area contributed by atoms with Gasteiger partial charge in [0.1, 0.15) is 0 Å². The fourth-order valence-electron chi connectivity index (χ4n) is 3.18. The van der Waals surface area contributed by atoms with Gasteiger partial charge in [0, 0.05) is 23.3 Å². The number of aromatic nitrogens is 1. The van der Waals surface area contributed by atoms with Crippen LogP contribution in [-0.2, 0) is 0 Å². The minimum absolute atomic E-state index is 0.305. The second kappa shape index (κ2) is 6.29. The molecule has 0 aliphatic heterocycles. The highest BCUT2D eigenvalue weighted by Gasteiger charge is 2.17. The quantitative estimate of drug-likeness (QED) is 0.801. The summed E-state index contributed by atoms with van der Waals surface area (Å²) in [5.74, 6) is -0.305. The number of benzene rings is 1.